The molecule has 24 heavy (non-hydrogen) atoms. The van der Waals surface area contributed by atoms with Crippen LogP contribution in [0.1, 0.15) is 50.3 Å². The zero-order valence-electron chi connectivity index (χ0n) is 13.6. The number of benzene rings is 1. The molecule has 0 unspecified atom stereocenters. The molecule has 0 saturated carbocycles. The smallest absolute Gasteiger partial charge is 0.254 e. The van der Waals surface area contributed by atoms with Gasteiger partial charge in [-0.1, -0.05) is 0 Å². The predicted octanol–water partition coefficient (Wildman–Crippen LogP) is 2.54. The minimum absolute atomic E-state index is 0.00432. The standard InChI is InChI=1S/C17H19N3O3S/c1-10-9-24-16(19-10)13-4-3-7-20(13)17(22)11-5-6-14(23-2)12(8-11)15(18)21/h5-6,8-9,13H,3-4,7H2,1-2H3,(H2,18,21)/t13-/m1/s1. The first-order valence-corrected chi connectivity index (χ1v) is 8.60. The van der Waals surface area contributed by atoms with Crippen LogP contribution >= 0.6 is 11.3 Å². The zero-order chi connectivity index (χ0) is 17.3. The molecule has 3 rings (SSSR count). The lowest BCUT2D eigenvalue weighted by atomic mass is 10.1. The van der Waals surface area contributed by atoms with Gasteiger partial charge in [0.05, 0.1) is 18.7 Å². The van der Waals surface area contributed by atoms with Gasteiger partial charge in [0.25, 0.3) is 11.8 Å². The van der Waals surface area contributed by atoms with Crippen molar-refractivity contribution in [3.8, 4) is 5.75 Å². The number of nitrogens with zero attached hydrogens (tertiary/aromatic N) is 2. The number of likely N-dealkylation sites (tertiary alicyclic amines) is 1. The number of carbonyl (C=O) groups is 2. The van der Waals surface area contributed by atoms with Crippen molar-refractivity contribution < 1.29 is 14.3 Å². The largest absolute Gasteiger partial charge is 0.496 e. The van der Waals surface area contributed by atoms with Crippen molar-refractivity contribution in [2.24, 2.45) is 5.73 Å². The van der Waals surface area contributed by atoms with Gasteiger partial charge in [-0.05, 0) is 38.0 Å². The Hall–Kier alpha value is -2.41. The zero-order valence-corrected chi connectivity index (χ0v) is 14.4. The summed E-state index contributed by atoms with van der Waals surface area (Å²) in [7, 11) is 1.46. The second-order valence-electron chi connectivity index (χ2n) is 5.76. The molecule has 2 N–H and O–H groups in total. The molecule has 2 amide bonds. The number of aryl methyl sites for hydroxylation is 1. The van der Waals surface area contributed by atoms with E-state index in [1.807, 2.05) is 17.2 Å². The fourth-order valence-corrected chi connectivity index (χ4v) is 3.93. The lowest BCUT2D eigenvalue weighted by Gasteiger charge is -2.23. The van der Waals surface area contributed by atoms with Crippen molar-refractivity contribution in [1.82, 2.24) is 9.88 Å². The van der Waals surface area contributed by atoms with Crippen LogP contribution in [0, 0.1) is 6.92 Å². The topological polar surface area (TPSA) is 85.5 Å². The molecule has 1 aliphatic heterocycles. The quantitative estimate of drug-likeness (QED) is 0.923. The second-order valence-corrected chi connectivity index (χ2v) is 6.65. The van der Waals surface area contributed by atoms with Gasteiger partial charge in [0.15, 0.2) is 0 Å². The van der Waals surface area contributed by atoms with E-state index in [1.165, 1.54) is 13.2 Å². The maximum Gasteiger partial charge on any atom is 0.254 e. The van der Waals surface area contributed by atoms with Gasteiger partial charge in [-0.25, -0.2) is 4.98 Å². The molecule has 6 nitrogen and oxygen atoms in total. The lowest BCUT2D eigenvalue weighted by molar-refractivity contribution is 0.0735. The lowest BCUT2D eigenvalue weighted by Crippen LogP contribution is -2.30. The van der Waals surface area contributed by atoms with E-state index >= 15 is 0 Å². The van der Waals surface area contributed by atoms with Crippen molar-refractivity contribution in [2.45, 2.75) is 25.8 Å². The van der Waals surface area contributed by atoms with Crippen LogP contribution in [0.3, 0.4) is 0 Å². The summed E-state index contributed by atoms with van der Waals surface area (Å²) in [6.45, 7) is 2.63. The molecule has 0 aliphatic carbocycles. The molecular weight excluding hydrogens is 326 g/mol. The molecule has 7 heteroatoms. The molecule has 1 fully saturated rings. The summed E-state index contributed by atoms with van der Waals surface area (Å²) in [5.74, 6) is -0.363. The molecule has 1 saturated heterocycles. The van der Waals surface area contributed by atoms with Crippen molar-refractivity contribution in [3.63, 3.8) is 0 Å². The van der Waals surface area contributed by atoms with E-state index in [9.17, 15) is 9.59 Å². The van der Waals surface area contributed by atoms with E-state index in [2.05, 4.69) is 4.98 Å². The van der Waals surface area contributed by atoms with Gasteiger partial charge >= 0.3 is 0 Å². The highest BCUT2D eigenvalue weighted by atomic mass is 32.1. The number of carbonyl (C=O) groups excluding carboxylic acids is 2. The molecule has 2 aromatic rings. The third-order valence-electron chi connectivity index (χ3n) is 4.15. The summed E-state index contributed by atoms with van der Waals surface area (Å²) in [6.07, 6.45) is 1.84. The molecule has 126 valence electrons. The highest BCUT2D eigenvalue weighted by Crippen LogP contribution is 2.35. The first-order valence-electron chi connectivity index (χ1n) is 7.72. The van der Waals surface area contributed by atoms with Gasteiger partial charge in [0.1, 0.15) is 10.8 Å². The molecule has 0 bridgehead atoms. The molecular formula is C17H19N3O3S. The molecule has 1 atom stereocenters. The Morgan fingerprint density at radius 1 is 1.42 bits per heavy atom. The van der Waals surface area contributed by atoms with Gasteiger partial charge in [-0.2, -0.15) is 0 Å². The van der Waals surface area contributed by atoms with Gasteiger partial charge < -0.3 is 15.4 Å². The Labute approximate surface area is 144 Å². The van der Waals surface area contributed by atoms with Gasteiger partial charge in [0.2, 0.25) is 0 Å². The molecule has 0 radical (unpaired) electrons. The number of rotatable bonds is 4. The van der Waals surface area contributed by atoms with Crippen molar-refractivity contribution >= 4 is 23.2 Å². The maximum absolute atomic E-state index is 12.9. The molecule has 2 heterocycles. The van der Waals surface area contributed by atoms with E-state index in [1.54, 1.807) is 23.5 Å². The summed E-state index contributed by atoms with van der Waals surface area (Å²) < 4.78 is 5.13. The Kier molecular flexibility index (Phi) is 4.53. The molecule has 1 aromatic heterocycles. The monoisotopic (exact) mass is 345 g/mol. The highest BCUT2D eigenvalue weighted by Gasteiger charge is 2.32. The van der Waals surface area contributed by atoms with Crippen LogP contribution in [0.2, 0.25) is 0 Å². The van der Waals surface area contributed by atoms with Crippen LogP contribution in [0.25, 0.3) is 0 Å². The Morgan fingerprint density at radius 3 is 2.83 bits per heavy atom. The average molecular weight is 345 g/mol. The predicted molar refractivity (Wildman–Crippen MR) is 91.4 cm³/mol. The third kappa shape index (κ3) is 2.99. The fourth-order valence-electron chi connectivity index (χ4n) is 2.99. The Morgan fingerprint density at radius 2 is 2.21 bits per heavy atom. The molecule has 0 spiro atoms. The number of primary amides is 1. The van der Waals surface area contributed by atoms with Crippen molar-refractivity contribution in [2.75, 3.05) is 13.7 Å². The van der Waals surface area contributed by atoms with E-state index in [0.717, 1.165) is 23.5 Å². The Bertz CT molecular complexity index is 787. The van der Waals surface area contributed by atoms with E-state index < -0.39 is 5.91 Å². The summed E-state index contributed by atoms with van der Waals surface area (Å²) >= 11 is 1.58. The summed E-state index contributed by atoms with van der Waals surface area (Å²) in [6, 6.07) is 4.77. The number of ether oxygens (including phenoxy) is 1. The van der Waals surface area contributed by atoms with Gasteiger partial charge in [0, 0.05) is 23.2 Å². The van der Waals surface area contributed by atoms with Crippen LogP contribution in [0.4, 0.5) is 0 Å². The van der Waals surface area contributed by atoms with Crippen molar-refractivity contribution in [3.05, 3.63) is 45.4 Å². The number of amides is 2. The van der Waals surface area contributed by atoms with E-state index in [4.69, 9.17) is 10.5 Å². The summed E-state index contributed by atoms with van der Waals surface area (Å²) in [5, 5.41) is 2.96. The van der Waals surface area contributed by atoms with Crippen LogP contribution in [0.15, 0.2) is 23.6 Å². The molecule has 1 aliphatic rings. The SMILES string of the molecule is COc1ccc(C(=O)N2CCC[C@@H]2c2nc(C)cs2)cc1C(N)=O. The number of nitrogens with two attached hydrogens (primary N) is 1. The van der Waals surface area contributed by atoms with Gasteiger partial charge in [-0.3, -0.25) is 9.59 Å². The normalized spacial score (nSPS) is 17.1. The highest BCUT2D eigenvalue weighted by molar-refractivity contribution is 7.09. The average Bonchev–Trinajstić information content (AvgIpc) is 3.22. The number of hydrogen-bond donors (Lipinski definition) is 1. The molecule has 1 aromatic carbocycles. The second kappa shape index (κ2) is 6.60. The fraction of sp³-hybridized carbons (Fsp3) is 0.353. The van der Waals surface area contributed by atoms with Crippen molar-refractivity contribution in [1.29, 1.82) is 0 Å². The first-order chi connectivity index (χ1) is 11.5. The minimum Gasteiger partial charge on any atom is -0.496 e. The maximum atomic E-state index is 12.9. The number of methoxy groups -OCH3 is 1. The van der Waals surface area contributed by atoms with Gasteiger partial charge in [-0.15, -0.1) is 11.3 Å². The Balaban J connectivity index is 1.90. The number of hydrogen-bond acceptors (Lipinski definition) is 5. The van der Waals surface area contributed by atoms with Crippen LogP contribution in [-0.4, -0.2) is 35.4 Å². The summed E-state index contributed by atoms with van der Waals surface area (Å²) in [5.41, 5.74) is 7.00. The summed E-state index contributed by atoms with van der Waals surface area (Å²) in [4.78, 5) is 30.8. The third-order valence-corrected chi connectivity index (χ3v) is 5.21. The van der Waals surface area contributed by atoms with Crippen LogP contribution < -0.4 is 10.5 Å². The number of thiazole rings is 1. The first kappa shape index (κ1) is 16.4. The number of aromatic nitrogens is 1. The van der Waals surface area contributed by atoms with E-state index in [0.29, 0.717) is 17.9 Å². The van der Waals surface area contributed by atoms with Crippen LogP contribution in [0.5, 0.6) is 5.75 Å². The van der Waals surface area contributed by atoms with Crippen LogP contribution in [-0.2, 0) is 0 Å². The minimum atomic E-state index is -0.616. The van der Waals surface area contributed by atoms with E-state index in [-0.39, 0.29) is 17.5 Å².